The number of ether oxygens (including phenoxy) is 3. The van der Waals surface area contributed by atoms with Gasteiger partial charge in [-0.2, -0.15) is 13.2 Å². The molecule has 0 N–H and O–H groups in total. The molecule has 0 aliphatic rings. The maximum atomic E-state index is 12.7. The third-order valence-electron chi connectivity index (χ3n) is 3.53. The van der Waals surface area contributed by atoms with Gasteiger partial charge in [0.1, 0.15) is 11.3 Å². The fourth-order valence-corrected chi connectivity index (χ4v) is 2.23. The molecule has 0 amide bonds. The van der Waals surface area contributed by atoms with E-state index in [2.05, 4.69) is 6.58 Å². The highest BCUT2D eigenvalue weighted by atomic mass is 19.4. The Morgan fingerprint density at radius 2 is 1.52 bits per heavy atom. The van der Waals surface area contributed by atoms with Gasteiger partial charge in [-0.25, -0.2) is 4.79 Å². The van der Waals surface area contributed by atoms with Crippen molar-refractivity contribution in [1.82, 2.24) is 0 Å². The van der Waals surface area contributed by atoms with E-state index in [-0.39, 0.29) is 18.1 Å². The van der Waals surface area contributed by atoms with Crippen LogP contribution in [0.2, 0.25) is 0 Å². The molecule has 0 unspecified atom stereocenters. The number of hydrogen-bond acceptors (Lipinski definition) is 4. The summed E-state index contributed by atoms with van der Waals surface area (Å²) in [5, 5.41) is 0. The van der Waals surface area contributed by atoms with Gasteiger partial charge in [-0.05, 0) is 49.2 Å². The molecule has 0 bridgehead atoms. The van der Waals surface area contributed by atoms with Crippen molar-refractivity contribution in [3.05, 3.63) is 54.6 Å². The van der Waals surface area contributed by atoms with Crippen LogP contribution in [-0.4, -0.2) is 25.4 Å². The number of esters is 1. The van der Waals surface area contributed by atoms with E-state index in [0.29, 0.717) is 17.9 Å². The quantitative estimate of drug-likeness (QED) is 0.377. The van der Waals surface area contributed by atoms with E-state index >= 15 is 0 Å². The molecule has 0 aromatic heterocycles. The summed E-state index contributed by atoms with van der Waals surface area (Å²) in [5.74, 6) is -0.832. The van der Waals surface area contributed by atoms with Crippen molar-refractivity contribution in [2.24, 2.45) is 0 Å². The van der Waals surface area contributed by atoms with Gasteiger partial charge in [-0.1, -0.05) is 24.8 Å². The highest BCUT2D eigenvalue weighted by Crippen LogP contribution is 2.35. The number of benzene rings is 2. The minimum atomic E-state index is -4.87. The fraction of sp³-hybridized carbons (Fsp3) is 0.250. The summed E-state index contributed by atoms with van der Waals surface area (Å²) in [6.07, 6.45) is -4.87. The summed E-state index contributed by atoms with van der Waals surface area (Å²) in [4.78, 5) is 11.8. The molecule has 2 aromatic carbocycles. The predicted octanol–water partition coefficient (Wildman–Crippen LogP) is 5.17. The van der Waals surface area contributed by atoms with Crippen molar-refractivity contribution in [2.45, 2.75) is 20.0 Å². The number of rotatable bonds is 7. The Morgan fingerprint density at radius 3 is 2.07 bits per heavy atom. The lowest BCUT2D eigenvalue weighted by atomic mass is 10.0. The zero-order valence-corrected chi connectivity index (χ0v) is 14.9. The Morgan fingerprint density at radius 1 is 0.926 bits per heavy atom. The number of alkyl halides is 3. The van der Waals surface area contributed by atoms with Crippen LogP contribution < -0.4 is 14.2 Å². The first-order valence-corrected chi connectivity index (χ1v) is 8.24. The van der Waals surface area contributed by atoms with Crippen molar-refractivity contribution in [3.8, 4) is 28.4 Å². The molecule has 0 saturated heterocycles. The number of halogens is 3. The number of hydrogen-bond donors (Lipinski definition) is 0. The average molecular weight is 380 g/mol. The van der Waals surface area contributed by atoms with Crippen molar-refractivity contribution in [3.63, 3.8) is 0 Å². The largest absolute Gasteiger partial charge is 0.494 e. The maximum absolute atomic E-state index is 12.7. The number of carbonyl (C=O) groups excluding carboxylic acids is 1. The van der Waals surface area contributed by atoms with Crippen LogP contribution in [0, 0.1) is 0 Å². The minimum absolute atomic E-state index is 0.112. The highest BCUT2D eigenvalue weighted by Gasteiger charge is 2.38. The topological polar surface area (TPSA) is 44.8 Å². The molecule has 0 heterocycles. The molecule has 0 aliphatic carbocycles. The van der Waals surface area contributed by atoms with E-state index in [9.17, 15) is 18.0 Å². The standard InChI is InChI=1S/C20H19F3O4/c1-4-25-16-9-6-14(7-10-16)15-8-11-17(26-5-2)18(12-15)27-19(24)13(3)20(21,22)23/h6-12H,3-5H2,1-2H3. The SMILES string of the molecule is C=C(C(=O)Oc1cc(-c2ccc(OCC)cc2)ccc1OCC)C(F)(F)F. The second-order valence-corrected chi connectivity index (χ2v) is 5.42. The molecule has 0 saturated carbocycles. The molecule has 0 aliphatic heterocycles. The first-order valence-electron chi connectivity index (χ1n) is 8.24. The van der Waals surface area contributed by atoms with Crippen molar-refractivity contribution >= 4 is 5.97 Å². The molecule has 2 aromatic rings. The highest BCUT2D eigenvalue weighted by molar-refractivity contribution is 5.91. The third-order valence-corrected chi connectivity index (χ3v) is 3.53. The maximum Gasteiger partial charge on any atom is 0.422 e. The van der Waals surface area contributed by atoms with Gasteiger partial charge < -0.3 is 14.2 Å². The molecule has 0 atom stereocenters. The van der Waals surface area contributed by atoms with Gasteiger partial charge >= 0.3 is 12.1 Å². The number of carbonyl (C=O) groups is 1. The summed E-state index contributed by atoms with van der Waals surface area (Å²) >= 11 is 0. The van der Waals surface area contributed by atoms with E-state index < -0.39 is 17.7 Å². The summed E-state index contributed by atoms with van der Waals surface area (Å²) in [6.45, 7) is 7.12. The van der Waals surface area contributed by atoms with E-state index in [1.165, 1.54) is 12.1 Å². The van der Waals surface area contributed by atoms with Crippen molar-refractivity contribution < 1.29 is 32.2 Å². The Kier molecular flexibility index (Phi) is 6.50. The molecule has 2 rings (SSSR count). The van der Waals surface area contributed by atoms with Gasteiger partial charge in [-0.15, -0.1) is 0 Å². The summed E-state index contributed by atoms with van der Waals surface area (Å²) < 4.78 is 53.6. The van der Waals surface area contributed by atoms with Crippen LogP contribution in [0.25, 0.3) is 11.1 Å². The van der Waals surface area contributed by atoms with Gasteiger partial charge in [0.05, 0.1) is 13.2 Å². The molecule has 0 fully saturated rings. The molecule has 7 heteroatoms. The van der Waals surface area contributed by atoms with Gasteiger partial charge in [0.15, 0.2) is 11.5 Å². The van der Waals surface area contributed by atoms with Crippen LogP contribution in [0.3, 0.4) is 0 Å². The zero-order valence-electron chi connectivity index (χ0n) is 14.9. The molecular formula is C20H19F3O4. The lowest BCUT2D eigenvalue weighted by molar-refractivity contribution is -0.142. The van der Waals surface area contributed by atoms with Gasteiger partial charge in [0, 0.05) is 0 Å². The lowest BCUT2D eigenvalue weighted by Gasteiger charge is -2.14. The smallest absolute Gasteiger partial charge is 0.422 e. The Hall–Kier alpha value is -2.96. The van der Waals surface area contributed by atoms with Crippen LogP contribution in [0.5, 0.6) is 17.2 Å². The van der Waals surface area contributed by atoms with Crippen LogP contribution in [0.15, 0.2) is 54.6 Å². The third kappa shape index (κ3) is 5.26. The molecule has 4 nitrogen and oxygen atoms in total. The first-order chi connectivity index (χ1) is 12.8. The van der Waals surface area contributed by atoms with Crippen molar-refractivity contribution in [2.75, 3.05) is 13.2 Å². The van der Waals surface area contributed by atoms with E-state index in [1.54, 1.807) is 37.3 Å². The average Bonchev–Trinajstić information content (AvgIpc) is 2.63. The zero-order chi connectivity index (χ0) is 20.0. The van der Waals surface area contributed by atoms with Crippen LogP contribution in [0.1, 0.15) is 13.8 Å². The Bertz CT molecular complexity index is 811. The lowest BCUT2D eigenvalue weighted by Crippen LogP contribution is -2.23. The summed E-state index contributed by atoms with van der Waals surface area (Å²) in [6, 6.07) is 11.8. The van der Waals surface area contributed by atoms with Gasteiger partial charge in [-0.3, -0.25) is 0 Å². The van der Waals surface area contributed by atoms with Crippen LogP contribution in [-0.2, 0) is 4.79 Å². The first kappa shape index (κ1) is 20.4. The predicted molar refractivity (Wildman–Crippen MR) is 95.0 cm³/mol. The molecular weight excluding hydrogens is 361 g/mol. The Balaban J connectivity index is 2.33. The molecule has 144 valence electrons. The van der Waals surface area contributed by atoms with Crippen LogP contribution >= 0.6 is 0 Å². The Labute approximate surface area is 155 Å². The molecule has 0 spiro atoms. The molecule has 0 radical (unpaired) electrons. The molecule has 27 heavy (non-hydrogen) atoms. The van der Waals surface area contributed by atoms with Crippen molar-refractivity contribution in [1.29, 1.82) is 0 Å². The van der Waals surface area contributed by atoms with E-state index in [0.717, 1.165) is 5.56 Å². The fourth-order valence-electron chi connectivity index (χ4n) is 2.23. The van der Waals surface area contributed by atoms with E-state index in [1.807, 2.05) is 6.92 Å². The second-order valence-electron chi connectivity index (χ2n) is 5.42. The monoisotopic (exact) mass is 380 g/mol. The van der Waals surface area contributed by atoms with Crippen LogP contribution in [0.4, 0.5) is 13.2 Å². The van der Waals surface area contributed by atoms with Gasteiger partial charge in [0.2, 0.25) is 0 Å². The van der Waals surface area contributed by atoms with E-state index in [4.69, 9.17) is 14.2 Å². The second kappa shape index (κ2) is 8.62. The van der Waals surface area contributed by atoms with Gasteiger partial charge in [0.25, 0.3) is 0 Å². The summed E-state index contributed by atoms with van der Waals surface area (Å²) in [5.41, 5.74) is -0.174. The summed E-state index contributed by atoms with van der Waals surface area (Å²) in [7, 11) is 0. The normalized spacial score (nSPS) is 11.0. The minimum Gasteiger partial charge on any atom is -0.494 e.